The van der Waals surface area contributed by atoms with Crippen LogP contribution in [0.2, 0.25) is 5.15 Å². The average Bonchev–Trinajstić information content (AvgIpc) is 3.21. The van der Waals surface area contributed by atoms with E-state index in [1.54, 1.807) is 36.5 Å². The van der Waals surface area contributed by atoms with Gasteiger partial charge in [0.05, 0.1) is 11.7 Å². The van der Waals surface area contributed by atoms with Crippen LogP contribution in [0.3, 0.4) is 0 Å². The van der Waals surface area contributed by atoms with E-state index in [-0.39, 0.29) is 17.6 Å². The van der Waals surface area contributed by atoms with Crippen LogP contribution in [0.1, 0.15) is 23.9 Å². The molecule has 0 aliphatic heterocycles. The number of aromatic nitrogens is 4. The quantitative estimate of drug-likeness (QED) is 0.580. The van der Waals surface area contributed by atoms with Gasteiger partial charge in [-0.2, -0.15) is 0 Å². The maximum Gasteiger partial charge on any atom is 0.351 e. The Balaban J connectivity index is 1.76. The summed E-state index contributed by atoms with van der Waals surface area (Å²) in [6, 6.07) is 12.3. The van der Waals surface area contributed by atoms with Gasteiger partial charge in [0.2, 0.25) is 0 Å². The third-order valence-corrected chi connectivity index (χ3v) is 4.66. The molecule has 1 aliphatic rings. The van der Waals surface area contributed by atoms with Gasteiger partial charge in [0.25, 0.3) is 0 Å². The monoisotopic (exact) mass is 354 g/mol. The van der Waals surface area contributed by atoms with Gasteiger partial charge in [-0.1, -0.05) is 48.0 Å². The van der Waals surface area contributed by atoms with Crippen LogP contribution in [0.4, 0.5) is 0 Å². The predicted octanol–water partition coefficient (Wildman–Crippen LogP) is 2.66. The van der Waals surface area contributed by atoms with Gasteiger partial charge in [-0.05, 0) is 30.2 Å². The number of allylic oxidation sites excluding steroid dienone is 2. The van der Waals surface area contributed by atoms with Gasteiger partial charge < -0.3 is 0 Å². The molecule has 25 heavy (non-hydrogen) atoms. The van der Waals surface area contributed by atoms with Crippen molar-refractivity contribution in [3.63, 3.8) is 0 Å². The first kappa shape index (κ1) is 15.7. The number of pyridine rings is 1. The lowest BCUT2D eigenvalue weighted by molar-refractivity contribution is 0.424. The fourth-order valence-electron chi connectivity index (χ4n) is 3.25. The van der Waals surface area contributed by atoms with Crippen LogP contribution in [0, 0.1) is 0 Å². The van der Waals surface area contributed by atoms with Crippen LogP contribution in [0.5, 0.6) is 0 Å². The van der Waals surface area contributed by atoms with Crippen molar-refractivity contribution in [2.45, 2.75) is 18.4 Å². The fourth-order valence-corrected chi connectivity index (χ4v) is 3.36. The van der Waals surface area contributed by atoms with Crippen molar-refractivity contribution < 1.29 is 0 Å². The second kappa shape index (κ2) is 6.22. The molecular formula is C18H15ClN4O2. The van der Waals surface area contributed by atoms with Crippen molar-refractivity contribution in [2.24, 2.45) is 0 Å². The van der Waals surface area contributed by atoms with Gasteiger partial charge in [-0.25, -0.2) is 28.9 Å². The van der Waals surface area contributed by atoms with Gasteiger partial charge in [0.15, 0.2) is 0 Å². The number of halogens is 1. The molecule has 0 spiro atoms. The minimum atomic E-state index is -0.448. The Labute approximate surface area is 148 Å². The van der Waals surface area contributed by atoms with E-state index in [2.05, 4.69) is 10.1 Å². The molecule has 0 saturated carbocycles. The molecule has 2 atom stereocenters. The van der Waals surface area contributed by atoms with Gasteiger partial charge in [-0.3, -0.25) is 0 Å². The molecule has 3 aromatic rings. The van der Waals surface area contributed by atoms with Crippen LogP contribution >= 0.6 is 11.6 Å². The summed E-state index contributed by atoms with van der Waals surface area (Å²) in [5.41, 5.74) is 0.666. The van der Waals surface area contributed by atoms with E-state index < -0.39 is 5.69 Å². The Kier molecular flexibility index (Phi) is 3.89. The fraction of sp³-hybridized carbons (Fsp3) is 0.167. The van der Waals surface area contributed by atoms with E-state index in [1.165, 1.54) is 4.68 Å². The third-order valence-electron chi connectivity index (χ3n) is 4.43. The molecule has 2 aromatic heterocycles. The smallest absolute Gasteiger partial charge is 0.246 e. The molecule has 0 unspecified atom stereocenters. The number of H-pyrrole nitrogens is 1. The minimum absolute atomic E-state index is 0.0512. The highest BCUT2D eigenvalue weighted by Crippen LogP contribution is 2.36. The minimum Gasteiger partial charge on any atom is -0.246 e. The second-order valence-corrected chi connectivity index (χ2v) is 6.30. The highest BCUT2D eigenvalue weighted by molar-refractivity contribution is 6.29. The molecule has 1 aliphatic carbocycles. The number of para-hydroxylation sites is 1. The molecular weight excluding hydrogens is 340 g/mol. The summed E-state index contributed by atoms with van der Waals surface area (Å²) in [6.45, 7) is 0. The van der Waals surface area contributed by atoms with Gasteiger partial charge in [0.1, 0.15) is 5.15 Å². The van der Waals surface area contributed by atoms with E-state index >= 15 is 0 Å². The highest BCUT2D eigenvalue weighted by Gasteiger charge is 2.29. The SMILES string of the molecule is O=c1[nH]n([C@H]2CC=C[C@@H]2c2ccc(Cl)nc2)c(=O)n1-c1ccccc1. The summed E-state index contributed by atoms with van der Waals surface area (Å²) in [4.78, 5) is 29.3. The Hall–Kier alpha value is -2.86. The number of hydrogen-bond acceptors (Lipinski definition) is 3. The Bertz CT molecular complexity index is 1030. The maximum absolute atomic E-state index is 12.8. The molecule has 0 fully saturated rings. The molecule has 1 N–H and O–H groups in total. The van der Waals surface area contributed by atoms with Crippen LogP contribution in [0.25, 0.3) is 5.69 Å². The first-order chi connectivity index (χ1) is 12.1. The largest absolute Gasteiger partial charge is 0.351 e. The molecule has 6 nitrogen and oxygen atoms in total. The van der Waals surface area contributed by atoms with E-state index in [4.69, 9.17) is 11.6 Å². The van der Waals surface area contributed by atoms with Gasteiger partial charge in [0, 0.05) is 12.1 Å². The number of rotatable bonds is 3. The second-order valence-electron chi connectivity index (χ2n) is 5.91. The van der Waals surface area contributed by atoms with Crippen LogP contribution in [-0.2, 0) is 0 Å². The van der Waals surface area contributed by atoms with Crippen molar-refractivity contribution in [2.75, 3.05) is 0 Å². The summed E-state index contributed by atoms with van der Waals surface area (Å²) in [5, 5.41) is 3.11. The highest BCUT2D eigenvalue weighted by atomic mass is 35.5. The zero-order chi connectivity index (χ0) is 17.4. The predicted molar refractivity (Wildman–Crippen MR) is 95.4 cm³/mol. The summed E-state index contributed by atoms with van der Waals surface area (Å²) >= 11 is 5.85. The average molecular weight is 355 g/mol. The Morgan fingerprint density at radius 1 is 1.12 bits per heavy atom. The first-order valence-electron chi connectivity index (χ1n) is 7.92. The number of benzene rings is 1. The van der Waals surface area contributed by atoms with Crippen molar-refractivity contribution in [1.29, 1.82) is 0 Å². The number of nitrogens with one attached hydrogen (secondary N) is 1. The Morgan fingerprint density at radius 3 is 2.64 bits per heavy atom. The van der Waals surface area contributed by atoms with E-state index in [0.29, 0.717) is 17.3 Å². The maximum atomic E-state index is 12.8. The summed E-state index contributed by atoms with van der Waals surface area (Å²) in [7, 11) is 0. The normalized spacial score (nSPS) is 19.4. The zero-order valence-electron chi connectivity index (χ0n) is 13.2. The van der Waals surface area contributed by atoms with Crippen molar-refractivity contribution >= 4 is 11.6 Å². The van der Waals surface area contributed by atoms with Crippen molar-refractivity contribution in [3.05, 3.63) is 92.5 Å². The van der Waals surface area contributed by atoms with Gasteiger partial charge >= 0.3 is 11.4 Å². The standard InChI is InChI=1S/C18H15ClN4O2/c19-16-10-9-12(11-20-16)14-7-4-8-15(14)23-18(25)22(17(24)21-23)13-5-2-1-3-6-13/h1-7,9-11,14-15H,8H2,(H,21,24)/t14-,15+/m1/s1. The summed E-state index contributed by atoms with van der Waals surface area (Å²) in [5.74, 6) is -0.0512. The molecule has 2 heterocycles. The molecule has 0 saturated heterocycles. The number of nitrogens with zero attached hydrogens (tertiary/aromatic N) is 3. The lowest BCUT2D eigenvalue weighted by Crippen LogP contribution is -2.30. The molecule has 1 aromatic carbocycles. The summed E-state index contributed by atoms with van der Waals surface area (Å²) < 4.78 is 2.56. The molecule has 4 rings (SSSR count). The van der Waals surface area contributed by atoms with Crippen LogP contribution < -0.4 is 11.4 Å². The molecule has 7 heteroatoms. The molecule has 0 bridgehead atoms. The molecule has 0 radical (unpaired) electrons. The Morgan fingerprint density at radius 2 is 1.92 bits per heavy atom. The number of aromatic amines is 1. The van der Waals surface area contributed by atoms with E-state index in [1.807, 2.05) is 24.3 Å². The third kappa shape index (κ3) is 2.74. The summed E-state index contributed by atoms with van der Waals surface area (Å²) in [6.07, 6.45) is 6.39. The molecule has 0 amide bonds. The lowest BCUT2D eigenvalue weighted by atomic mass is 9.96. The first-order valence-corrected chi connectivity index (χ1v) is 8.30. The van der Waals surface area contributed by atoms with Crippen molar-refractivity contribution in [3.8, 4) is 5.69 Å². The zero-order valence-corrected chi connectivity index (χ0v) is 13.9. The van der Waals surface area contributed by atoms with Gasteiger partial charge in [-0.15, -0.1) is 0 Å². The number of hydrogen-bond donors (Lipinski definition) is 1. The van der Waals surface area contributed by atoms with E-state index in [0.717, 1.165) is 10.1 Å². The topological polar surface area (TPSA) is 72.7 Å². The van der Waals surface area contributed by atoms with Crippen LogP contribution in [0.15, 0.2) is 70.4 Å². The van der Waals surface area contributed by atoms with Crippen LogP contribution in [-0.4, -0.2) is 19.3 Å². The molecule has 126 valence electrons. The lowest BCUT2D eigenvalue weighted by Gasteiger charge is -2.19. The van der Waals surface area contributed by atoms with Crippen molar-refractivity contribution in [1.82, 2.24) is 19.3 Å². The van der Waals surface area contributed by atoms with E-state index in [9.17, 15) is 9.59 Å².